The number of para-hydroxylation sites is 1. The van der Waals surface area contributed by atoms with Gasteiger partial charge < -0.3 is 9.84 Å². The fourth-order valence-electron chi connectivity index (χ4n) is 2.23. The Hall–Kier alpha value is -2.97. The van der Waals surface area contributed by atoms with E-state index in [1.165, 1.54) is 18.2 Å². The van der Waals surface area contributed by atoms with Crippen LogP contribution in [0, 0.1) is 0 Å². The molecule has 0 aliphatic heterocycles. The number of pyridine rings is 1. The van der Waals surface area contributed by atoms with Crippen molar-refractivity contribution >= 4 is 38.7 Å². The van der Waals surface area contributed by atoms with Crippen LogP contribution in [0.2, 0.25) is 0 Å². The molecule has 2 aromatic carbocycles. The van der Waals surface area contributed by atoms with E-state index in [0.717, 1.165) is 0 Å². The van der Waals surface area contributed by atoms with Crippen molar-refractivity contribution in [3.8, 4) is 11.5 Å². The summed E-state index contributed by atoms with van der Waals surface area (Å²) in [4.78, 5) is 28.2. The van der Waals surface area contributed by atoms with Gasteiger partial charge in [0.1, 0.15) is 22.5 Å². The molecule has 0 saturated carbocycles. The van der Waals surface area contributed by atoms with Gasteiger partial charge in [0.25, 0.3) is 5.91 Å². The van der Waals surface area contributed by atoms with Crippen LogP contribution in [0.5, 0.6) is 11.5 Å². The van der Waals surface area contributed by atoms with Crippen LogP contribution < -0.4 is 16.0 Å². The lowest BCUT2D eigenvalue weighted by atomic mass is 10.1. The number of hydrogen-bond donors (Lipinski definition) is 3. The summed E-state index contributed by atoms with van der Waals surface area (Å²) in [6.45, 7) is 0. The predicted molar refractivity (Wildman–Crippen MR) is 94.2 cm³/mol. The molecule has 3 rings (SSSR count). The number of aromatic hydroxyl groups is 1. The Morgan fingerprint density at radius 3 is 2.68 bits per heavy atom. The molecule has 1 amide bonds. The molecule has 1 heterocycles. The molecular weight excluding hydrogens is 390 g/mol. The summed E-state index contributed by atoms with van der Waals surface area (Å²) in [6, 6.07) is 12.6. The minimum Gasteiger partial charge on any atom is -0.507 e. The molecule has 25 heavy (non-hydrogen) atoms. The Morgan fingerprint density at radius 2 is 1.96 bits per heavy atom. The number of benzene rings is 2. The van der Waals surface area contributed by atoms with Crippen LogP contribution in [0.4, 0.5) is 0 Å². The summed E-state index contributed by atoms with van der Waals surface area (Å²) in [7, 11) is 0. The zero-order valence-electron chi connectivity index (χ0n) is 12.7. The highest BCUT2D eigenvalue weighted by molar-refractivity contribution is 9.10. The Bertz CT molecular complexity index is 991. The second-order valence-corrected chi connectivity index (χ2v) is 5.96. The molecule has 0 aliphatic rings. The first-order valence-corrected chi connectivity index (χ1v) is 7.90. The van der Waals surface area contributed by atoms with Gasteiger partial charge in [0, 0.05) is 9.86 Å². The molecule has 0 atom stereocenters. The number of nitrogens with one attached hydrogen (secondary N) is 1. The second kappa shape index (κ2) is 6.88. The van der Waals surface area contributed by atoms with Gasteiger partial charge in [-0.1, -0.05) is 34.1 Å². The number of hydrazine groups is 1. The maximum Gasteiger partial charge on any atom is 0.347 e. The lowest BCUT2D eigenvalue weighted by Gasteiger charge is -2.09. The van der Waals surface area contributed by atoms with Crippen molar-refractivity contribution in [2.45, 2.75) is 0 Å². The number of phenols is 1. The third-order valence-electron chi connectivity index (χ3n) is 3.43. The Kier molecular flexibility index (Phi) is 4.64. The van der Waals surface area contributed by atoms with Gasteiger partial charge in [-0.3, -0.25) is 10.2 Å². The quantitative estimate of drug-likeness (QED) is 0.204. The second-order valence-electron chi connectivity index (χ2n) is 5.05. The van der Waals surface area contributed by atoms with Crippen molar-refractivity contribution in [3.63, 3.8) is 0 Å². The largest absolute Gasteiger partial charge is 0.507 e. The zero-order valence-corrected chi connectivity index (χ0v) is 14.3. The number of nitrogens with two attached hydrogens (primary N) is 1. The van der Waals surface area contributed by atoms with Crippen molar-refractivity contribution in [1.29, 1.82) is 0 Å². The summed E-state index contributed by atoms with van der Waals surface area (Å²) < 4.78 is 5.99. The number of fused-ring (bicyclic) bond motifs is 1. The number of amides is 1. The van der Waals surface area contributed by atoms with E-state index < -0.39 is 11.9 Å². The maximum absolute atomic E-state index is 12.3. The Morgan fingerprint density at radius 1 is 1.16 bits per heavy atom. The van der Waals surface area contributed by atoms with E-state index in [2.05, 4.69) is 20.9 Å². The zero-order chi connectivity index (χ0) is 18.0. The number of rotatable bonds is 3. The molecular formula is C17H12BrN3O4. The number of ether oxygens (including phenoxy) is 1. The first-order chi connectivity index (χ1) is 12.0. The number of carbonyl (C=O) groups is 2. The number of halogens is 1. The fraction of sp³-hybridized carbons (Fsp3) is 0. The third-order valence-corrected chi connectivity index (χ3v) is 3.92. The van der Waals surface area contributed by atoms with Crippen LogP contribution >= 0.6 is 15.9 Å². The lowest BCUT2D eigenvalue weighted by Crippen LogP contribution is -2.30. The fourth-order valence-corrected chi connectivity index (χ4v) is 2.58. The highest BCUT2D eigenvalue weighted by Gasteiger charge is 2.16. The summed E-state index contributed by atoms with van der Waals surface area (Å²) in [5, 5.41) is 10.6. The molecule has 0 unspecified atom stereocenters. The van der Waals surface area contributed by atoms with Crippen LogP contribution in [0.15, 0.2) is 53.0 Å². The van der Waals surface area contributed by atoms with Crippen LogP contribution in [-0.4, -0.2) is 22.0 Å². The number of aromatic nitrogens is 1. The molecule has 0 bridgehead atoms. The minimum absolute atomic E-state index is 0.0102. The standard InChI is InChI=1S/C17H12BrN3O4/c18-10-5-6-11(13(22)8-10)17(24)25-14-3-1-2-9-4-7-12(16(23)21-19)20-15(9)14/h1-8,22H,19H2,(H,21,23). The molecule has 0 aliphatic carbocycles. The van der Waals surface area contributed by atoms with Gasteiger partial charge in [-0.2, -0.15) is 0 Å². The molecule has 7 nitrogen and oxygen atoms in total. The van der Waals surface area contributed by atoms with E-state index in [9.17, 15) is 14.7 Å². The van der Waals surface area contributed by atoms with Gasteiger partial charge in [-0.15, -0.1) is 0 Å². The topological polar surface area (TPSA) is 115 Å². The van der Waals surface area contributed by atoms with E-state index in [0.29, 0.717) is 15.4 Å². The van der Waals surface area contributed by atoms with Gasteiger partial charge in [0.2, 0.25) is 0 Å². The van der Waals surface area contributed by atoms with Crippen LogP contribution in [0.1, 0.15) is 20.8 Å². The summed E-state index contributed by atoms with van der Waals surface area (Å²) in [6.07, 6.45) is 0. The molecule has 0 saturated heterocycles. The van der Waals surface area contributed by atoms with Crippen molar-refractivity contribution in [3.05, 3.63) is 64.3 Å². The minimum atomic E-state index is -0.743. The van der Waals surface area contributed by atoms with E-state index in [4.69, 9.17) is 10.6 Å². The van der Waals surface area contributed by atoms with E-state index in [1.807, 2.05) is 5.43 Å². The van der Waals surface area contributed by atoms with Crippen molar-refractivity contribution in [2.75, 3.05) is 0 Å². The summed E-state index contributed by atoms with van der Waals surface area (Å²) >= 11 is 3.20. The van der Waals surface area contributed by atoms with E-state index in [1.54, 1.807) is 30.3 Å². The average Bonchev–Trinajstić information content (AvgIpc) is 2.60. The number of hydrogen-bond acceptors (Lipinski definition) is 6. The van der Waals surface area contributed by atoms with Crippen molar-refractivity contribution < 1.29 is 19.4 Å². The maximum atomic E-state index is 12.3. The highest BCUT2D eigenvalue weighted by atomic mass is 79.9. The predicted octanol–water partition coefficient (Wildman–Crippen LogP) is 2.53. The van der Waals surface area contributed by atoms with Crippen LogP contribution in [0.3, 0.4) is 0 Å². The number of carbonyl (C=O) groups excluding carboxylic acids is 2. The highest BCUT2D eigenvalue weighted by Crippen LogP contribution is 2.27. The van der Waals surface area contributed by atoms with Gasteiger partial charge in [-0.25, -0.2) is 15.6 Å². The molecule has 4 N–H and O–H groups in total. The first-order valence-electron chi connectivity index (χ1n) is 7.11. The first kappa shape index (κ1) is 16.9. The molecule has 0 spiro atoms. The van der Waals surface area contributed by atoms with Gasteiger partial charge >= 0.3 is 5.97 Å². The molecule has 126 valence electrons. The molecule has 0 fully saturated rings. The van der Waals surface area contributed by atoms with Gasteiger partial charge in [-0.05, 0) is 30.3 Å². The molecule has 0 radical (unpaired) electrons. The third kappa shape index (κ3) is 3.44. The average molecular weight is 402 g/mol. The van der Waals surface area contributed by atoms with Crippen LogP contribution in [0.25, 0.3) is 10.9 Å². The normalized spacial score (nSPS) is 10.5. The number of nitrogen functional groups attached to an aromatic ring is 1. The monoisotopic (exact) mass is 401 g/mol. The number of phenolic OH excluding ortho intramolecular Hbond substituents is 1. The number of nitrogens with zero attached hydrogens (tertiary/aromatic N) is 1. The van der Waals surface area contributed by atoms with E-state index in [-0.39, 0.29) is 22.8 Å². The number of esters is 1. The Labute approximate surface area is 150 Å². The van der Waals surface area contributed by atoms with Gasteiger partial charge in [0.15, 0.2) is 5.75 Å². The molecule has 1 aromatic heterocycles. The smallest absolute Gasteiger partial charge is 0.347 e. The summed E-state index contributed by atoms with van der Waals surface area (Å²) in [5.74, 6) is 3.76. The van der Waals surface area contributed by atoms with E-state index >= 15 is 0 Å². The molecule has 3 aromatic rings. The molecule has 8 heteroatoms. The van der Waals surface area contributed by atoms with Crippen LogP contribution in [-0.2, 0) is 0 Å². The lowest BCUT2D eigenvalue weighted by molar-refractivity contribution is 0.0733. The van der Waals surface area contributed by atoms with Gasteiger partial charge in [0.05, 0.1) is 0 Å². The summed E-state index contributed by atoms with van der Waals surface area (Å²) in [5.41, 5.74) is 2.42. The SMILES string of the molecule is NNC(=O)c1ccc2cccc(OC(=O)c3ccc(Br)cc3O)c2n1. The van der Waals surface area contributed by atoms with Crippen molar-refractivity contribution in [2.24, 2.45) is 5.84 Å². The van der Waals surface area contributed by atoms with Crippen molar-refractivity contribution in [1.82, 2.24) is 10.4 Å². The Balaban J connectivity index is 2.00.